The average Bonchev–Trinajstić information content (AvgIpc) is 2.33. The summed E-state index contributed by atoms with van der Waals surface area (Å²) in [5, 5.41) is 5.99. The zero-order valence-electron chi connectivity index (χ0n) is 9.58. The quantitative estimate of drug-likeness (QED) is 0.784. The lowest BCUT2D eigenvalue weighted by atomic mass is 9.94. The summed E-state index contributed by atoms with van der Waals surface area (Å²) in [5.41, 5.74) is 0.547. The third-order valence-corrected chi connectivity index (χ3v) is 2.94. The smallest absolute Gasteiger partial charge is 0.224 e. The number of amides is 1. The maximum atomic E-state index is 12.6. The topological polar surface area (TPSA) is 54.0 Å². The van der Waals surface area contributed by atoms with E-state index in [0.717, 1.165) is 25.9 Å². The zero-order valence-corrected chi connectivity index (χ0v) is 9.58. The van der Waals surface area contributed by atoms with Crippen molar-refractivity contribution in [3.05, 3.63) is 24.3 Å². The van der Waals surface area contributed by atoms with Crippen LogP contribution >= 0.6 is 0 Å². The van der Waals surface area contributed by atoms with E-state index < -0.39 is 5.95 Å². The third-order valence-electron chi connectivity index (χ3n) is 2.94. The summed E-state index contributed by atoms with van der Waals surface area (Å²) >= 11 is 0. The largest absolute Gasteiger partial charge is 0.325 e. The third kappa shape index (κ3) is 3.78. The van der Waals surface area contributed by atoms with Gasteiger partial charge in [0, 0.05) is 6.42 Å². The molecule has 0 aromatic carbocycles. The monoisotopic (exact) mass is 237 g/mol. The van der Waals surface area contributed by atoms with Crippen molar-refractivity contribution < 1.29 is 9.18 Å². The average molecular weight is 237 g/mol. The Kier molecular flexibility index (Phi) is 4.03. The molecule has 17 heavy (non-hydrogen) atoms. The highest BCUT2D eigenvalue weighted by molar-refractivity contribution is 5.90. The van der Waals surface area contributed by atoms with Gasteiger partial charge < -0.3 is 10.6 Å². The molecule has 4 nitrogen and oxygen atoms in total. The number of pyridine rings is 1. The molecule has 2 rings (SSSR count). The van der Waals surface area contributed by atoms with Crippen LogP contribution in [-0.2, 0) is 4.79 Å². The van der Waals surface area contributed by atoms with Crippen molar-refractivity contribution >= 4 is 11.6 Å². The van der Waals surface area contributed by atoms with Gasteiger partial charge in [-0.2, -0.15) is 4.39 Å². The normalized spacial score (nSPS) is 16.8. The first kappa shape index (κ1) is 12.0. The molecule has 2 heterocycles. The molecule has 0 saturated carbocycles. The van der Waals surface area contributed by atoms with Gasteiger partial charge in [-0.25, -0.2) is 4.98 Å². The maximum Gasteiger partial charge on any atom is 0.224 e. The molecule has 1 fully saturated rings. The second kappa shape index (κ2) is 5.72. The van der Waals surface area contributed by atoms with E-state index in [-0.39, 0.29) is 5.91 Å². The Morgan fingerprint density at radius 3 is 2.88 bits per heavy atom. The minimum absolute atomic E-state index is 0.0229. The number of rotatable bonds is 3. The molecule has 0 unspecified atom stereocenters. The van der Waals surface area contributed by atoms with E-state index in [1.54, 1.807) is 0 Å². The van der Waals surface area contributed by atoms with Gasteiger partial charge in [-0.15, -0.1) is 0 Å². The van der Waals surface area contributed by atoms with Crippen molar-refractivity contribution in [2.75, 3.05) is 18.4 Å². The van der Waals surface area contributed by atoms with Gasteiger partial charge in [0.15, 0.2) is 0 Å². The number of nitrogens with one attached hydrogen (secondary N) is 2. The molecule has 0 atom stereocenters. The highest BCUT2D eigenvalue weighted by Gasteiger charge is 2.16. The molecule has 1 saturated heterocycles. The van der Waals surface area contributed by atoms with Crippen LogP contribution < -0.4 is 10.6 Å². The Morgan fingerprint density at radius 2 is 2.24 bits per heavy atom. The van der Waals surface area contributed by atoms with Crippen molar-refractivity contribution in [1.29, 1.82) is 0 Å². The van der Waals surface area contributed by atoms with E-state index in [9.17, 15) is 9.18 Å². The Balaban J connectivity index is 1.82. The second-order valence-electron chi connectivity index (χ2n) is 4.32. The highest BCUT2D eigenvalue weighted by atomic mass is 19.1. The summed E-state index contributed by atoms with van der Waals surface area (Å²) < 4.78 is 12.6. The molecular weight excluding hydrogens is 221 g/mol. The van der Waals surface area contributed by atoms with E-state index in [1.165, 1.54) is 18.3 Å². The lowest BCUT2D eigenvalue weighted by Crippen LogP contribution is -2.30. The van der Waals surface area contributed by atoms with Crippen LogP contribution in [0.5, 0.6) is 0 Å². The van der Waals surface area contributed by atoms with Crippen molar-refractivity contribution in [3.8, 4) is 0 Å². The lowest BCUT2D eigenvalue weighted by molar-refractivity contribution is -0.117. The predicted octanol–water partition coefficient (Wildman–Crippen LogP) is 1.55. The van der Waals surface area contributed by atoms with Gasteiger partial charge in [-0.05, 0) is 44.0 Å². The summed E-state index contributed by atoms with van der Waals surface area (Å²) in [4.78, 5) is 15.2. The summed E-state index contributed by atoms with van der Waals surface area (Å²) in [6, 6.07) is 2.75. The van der Waals surface area contributed by atoms with Crippen LogP contribution in [-0.4, -0.2) is 24.0 Å². The number of carbonyl (C=O) groups excluding carboxylic acids is 1. The van der Waals surface area contributed by atoms with Crippen LogP contribution in [0.15, 0.2) is 18.3 Å². The first-order valence-electron chi connectivity index (χ1n) is 5.86. The van der Waals surface area contributed by atoms with Gasteiger partial charge in [0.2, 0.25) is 11.9 Å². The fourth-order valence-electron chi connectivity index (χ4n) is 2.01. The highest BCUT2D eigenvalue weighted by Crippen LogP contribution is 2.16. The number of carbonyl (C=O) groups is 1. The van der Waals surface area contributed by atoms with Gasteiger partial charge >= 0.3 is 0 Å². The van der Waals surface area contributed by atoms with Crippen LogP contribution in [0.3, 0.4) is 0 Å². The van der Waals surface area contributed by atoms with Crippen LogP contribution in [0, 0.1) is 11.9 Å². The van der Waals surface area contributed by atoms with Crippen molar-refractivity contribution in [1.82, 2.24) is 10.3 Å². The second-order valence-corrected chi connectivity index (χ2v) is 4.32. The van der Waals surface area contributed by atoms with Crippen molar-refractivity contribution in [2.24, 2.45) is 5.92 Å². The first-order chi connectivity index (χ1) is 8.24. The molecule has 1 aliphatic heterocycles. The summed E-state index contributed by atoms with van der Waals surface area (Å²) in [6.07, 6.45) is 3.93. The first-order valence-corrected chi connectivity index (χ1v) is 5.86. The molecule has 92 valence electrons. The number of anilines is 1. The number of aromatic nitrogens is 1. The fourth-order valence-corrected chi connectivity index (χ4v) is 2.01. The van der Waals surface area contributed by atoms with Crippen LogP contribution in [0.4, 0.5) is 10.1 Å². The Hall–Kier alpha value is -1.49. The van der Waals surface area contributed by atoms with Gasteiger partial charge in [0.25, 0.3) is 0 Å². The van der Waals surface area contributed by atoms with Gasteiger partial charge in [0.1, 0.15) is 0 Å². The Bertz CT molecular complexity index is 374. The van der Waals surface area contributed by atoms with E-state index in [0.29, 0.717) is 18.0 Å². The molecule has 1 aliphatic rings. The molecule has 0 bridgehead atoms. The molecule has 1 aromatic rings. The number of halogens is 1. The van der Waals surface area contributed by atoms with Crippen LogP contribution in [0.2, 0.25) is 0 Å². The molecular formula is C12H16FN3O. The molecule has 0 spiro atoms. The minimum atomic E-state index is -0.540. The zero-order chi connectivity index (χ0) is 12.1. The summed E-state index contributed by atoms with van der Waals surface area (Å²) in [6.45, 7) is 1.96. The maximum absolute atomic E-state index is 12.6. The Morgan fingerprint density at radius 1 is 1.47 bits per heavy atom. The van der Waals surface area contributed by atoms with Crippen LogP contribution in [0.25, 0.3) is 0 Å². The Labute approximate surface area is 99.6 Å². The molecule has 0 radical (unpaired) electrons. The summed E-state index contributed by atoms with van der Waals surface area (Å²) in [7, 11) is 0. The molecule has 1 amide bonds. The lowest BCUT2D eigenvalue weighted by Gasteiger charge is -2.21. The number of hydrogen-bond donors (Lipinski definition) is 2. The number of piperidine rings is 1. The molecule has 2 N–H and O–H groups in total. The van der Waals surface area contributed by atoms with E-state index >= 15 is 0 Å². The van der Waals surface area contributed by atoms with Gasteiger partial charge in [0.05, 0.1) is 11.9 Å². The predicted molar refractivity (Wildman–Crippen MR) is 63.0 cm³/mol. The number of hydrogen-bond acceptors (Lipinski definition) is 3. The van der Waals surface area contributed by atoms with Gasteiger partial charge in [-0.1, -0.05) is 0 Å². The van der Waals surface area contributed by atoms with E-state index in [4.69, 9.17) is 0 Å². The number of nitrogens with zero attached hydrogens (tertiary/aromatic N) is 1. The van der Waals surface area contributed by atoms with E-state index in [1.807, 2.05) is 0 Å². The SMILES string of the molecule is O=C(CC1CCNCC1)Nc1ccc(F)nc1. The van der Waals surface area contributed by atoms with Crippen molar-refractivity contribution in [2.45, 2.75) is 19.3 Å². The standard InChI is InChI=1S/C12H16FN3O/c13-11-2-1-10(8-15-11)16-12(17)7-9-3-5-14-6-4-9/h1-2,8-9,14H,3-7H2,(H,16,17). The van der Waals surface area contributed by atoms with Gasteiger partial charge in [-0.3, -0.25) is 4.79 Å². The van der Waals surface area contributed by atoms with Crippen molar-refractivity contribution in [3.63, 3.8) is 0 Å². The van der Waals surface area contributed by atoms with E-state index in [2.05, 4.69) is 15.6 Å². The minimum Gasteiger partial charge on any atom is -0.325 e. The van der Waals surface area contributed by atoms with Crippen LogP contribution in [0.1, 0.15) is 19.3 Å². The molecule has 1 aromatic heterocycles. The molecule has 0 aliphatic carbocycles. The molecule has 5 heteroatoms. The fraction of sp³-hybridized carbons (Fsp3) is 0.500. The summed E-state index contributed by atoms with van der Waals surface area (Å²) in [5.74, 6) is -0.115.